The molecule has 0 amide bonds. The summed E-state index contributed by atoms with van der Waals surface area (Å²) in [6.07, 6.45) is 0. The van der Waals surface area contributed by atoms with Crippen molar-refractivity contribution in [3.05, 3.63) is 46.2 Å². The summed E-state index contributed by atoms with van der Waals surface area (Å²) in [7, 11) is 3.12. The van der Waals surface area contributed by atoms with Crippen LogP contribution < -0.4 is 15.2 Å². The van der Waals surface area contributed by atoms with Gasteiger partial charge >= 0.3 is 0 Å². The summed E-state index contributed by atoms with van der Waals surface area (Å²) in [4.78, 5) is 0.818. The quantitative estimate of drug-likeness (QED) is 0.877. The highest BCUT2D eigenvalue weighted by molar-refractivity contribution is 7.11. The minimum Gasteiger partial charge on any atom is -0.496 e. The number of hydrogen-bond donors (Lipinski definition) is 1. The predicted octanol–water partition coefficient (Wildman–Crippen LogP) is 3.12. The smallest absolute Gasteiger partial charge is 0.131 e. The summed E-state index contributed by atoms with van der Waals surface area (Å²) in [6, 6.07) is 11.3. The number of allylic oxidation sites excluding steroid dienone is 1. The van der Waals surface area contributed by atoms with Crippen molar-refractivity contribution >= 4 is 22.6 Å². The molecule has 5 heteroatoms. The molecule has 102 valence electrons. The van der Waals surface area contributed by atoms with Crippen molar-refractivity contribution in [1.82, 2.24) is 0 Å². The van der Waals surface area contributed by atoms with Crippen molar-refractivity contribution in [2.75, 3.05) is 14.2 Å². The third kappa shape index (κ3) is 2.46. The molecule has 2 N–H and O–H groups in total. The molecule has 0 aliphatic heterocycles. The zero-order valence-electron chi connectivity index (χ0n) is 11.2. The number of methoxy groups -OCH3 is 2. The number of nitrogens with zero attached hydrogens (tertiary/aromatic N) is 1. The second kappa shape index (κ2) is 6.13. The number of benzene rings is 1. The third-order valence-electron chi connectivity index (χ3n) is 2.85. The lowest BCUT2D eigenvalue weighted by Crippen LogP contribution is -2.04. The molecule has 0 bridgehead atoms. The highest BCUT2D eigenvalue weighted by atomic mass is 32.1. The summed E-state index contributed by atoms with van der Waals surface area (Å²) in [6.45, 7) is 0. The van der Waals surface area contributed by atoms with Gasteiger partial charge < -0.3 is 15.2 Å². The highest BCUT2D eigenvalue weighted by Crippen LogP contribution is 2.36. The zero-order chi connectivity index (χ0) is 14.5. The monoisotopic (exact) mass is 286 g/mol. The van der Waals surface area contributed by atoms with Crippen LogP contribution in [0.5, 0.6) is 11.5 Å². The van der Waals surface area contributed by atoms with Gasteiger partial charge in [0.1, 0.15) is 17.6 Å². The molecule has 0 aliphatic carbocycles. The van der Waals surface area contributed by atoms with E-state index in [1.807, 2.05) is 23.6 Å². The maximum absolute atomic E-state index is 9.39. The first-order valence-electron chi connectivity index (χ1n) is 5.88. The highest BCUT2D eigenvalue weighted by Gasteiger charge is 2.17. The summed E-state index contributed by atoms with van der Waals surface area (Å²) in [5.41, 5.74) is 7.57. The standard InChI is InChI=1S/C15H14N2O2S/c1-18-11-5-3-6-12(19-2)14(11)15(17)10(9-16)13-7-4-8-20-13/h3-8H,17H2,1-2H3/b15-10+. The minimum absolute atomic E-state index is 0.351. The second-order valence-electron chi connectivity index (χ2n) is 3.92. The molecule has 0 spiro atoms. The van der Waals surface area contributed by atoms with Crippen LogP contribution in [-0.4, -0.2) is 14.2 Å². The number of rotatable bonds is 4. The summed E-state index contributed by atoms with van der Waals surface area (Å²) in [5.74, 6) is 1.15. The molecule has 0 radical (unpaired) electrons. The van der Waals surface area contributed by atoms with Crippen LogP contribution in [0.2, 0.25) is 0 Å². The van der Waals surface area contributed by atoms with Crippen molar-refractivity contribution in [3.8, 4) is 17.6 Å². The van der Waals surface area contributed by atoms with Gasteiger partial charge in [0, 0.05) is 4.88 Å². The van der Waals surface area contributed by atoms with Gasteiger partial charge in [-0.3, -0.25) is 0 Å². The van der Waals surface area contributed by atoms with E-state index >= 15 is 0 Å². The fourth-order valence-electron chi connectivity index (χ4n) is 1.91. The number of ether oxygens (including phenoxy) is 2. The van der Waals surface area contributed by atoms with Crippen molar-refractivity contribution in [2.45, 2.75) is 0 Å². The molecule has 1 heterocycles. The number of nitriles is 1. The Morgan fingerprint density at radius 2 is 1.80 bits per heavy atom. The topological polar surface area (TPSA) is 68.3 Å². The van der Waals surface area contributed by atoms with Crippen molar-refractivity contribution in [3.63, 3.8) is 0 Å². The molecular weight excluding hydrogens is 272 g/mol. The average molecular weight is 286 g/mol. The molecule has 20 heavy (non-hydrogen) atoms. The maximum Gasteiger partial charge on any atom is 0.131 e. The van der Waals surface area contributed by atoms with Gasteiger partial charge in [-0.2, -0.15) is 5.26 Å². The third-order valence-corrected chi connectivity index (χ3v) is 3.73. The number of hydrogen-bond acceptors (Lipinski definition) is 5. The molecule has 0 fully saturated rings. The van der Waals surface area contributed by atoms with Gasteiger partial charge in [-0.05, 0) is 23.6 Å². The van der Waals surface area contributed by atoms with E-state index in [4.69, 9.17) is 15.2 Å². The van der Waals surface area contributed by atoms with Crippen LogP contribution in [0.1, 0.15) is 10.4 Å². The van der Waals surface area contributed by atoms with Crippen LogP contribution in [0.15, 0.2) is 35.7 Å². The summed E-state index contributed by atoms with van der Waals surface area (Å²) in [5, 5.41) is 11.3. The predicted molar refractivity (Wildman–Crippen MR) is 80.5 cm³/mol. The van der Waals surface area contributed by atoms with Gasteiger partial charge in [-0.15, -0.1) is 11.3 Å². The van der Waals surface area contributed by atoms with E-state index < -0.39 is 0 Å². The Hall–Kier alpha value is -2.45. The van der Waals surface area contributed by atoms with Crippen LogP contribution >= 0.6 is 11.3 Å². The molecular formula is C15H14N2O2S. The SMILES string of the molecule is COc1cccc(OC)c1/C(N)=C(/C#N)c1cccs1. The van der Waals surface area contributed by atoms with Gasteiger partial charge in [-0.25, -0.2) is 0 Å². The fourth-order valence-corrected chi connectivity index (χ4v) is 2.64. The van der Waals surface area contributed by atoms with E-state index in [0.717, 1.165) is 4.88 Å². The Kier molecular flexibility index (Phi) is 4.28. The first-order valence-corrected chi connectivity index (χ1v) is 6.76. The van der Waals surface area contributed by atoms with Crippen molar-refractivity contribution in [1.29, 1.82) is 5.26 Å². The van der Waals surface area contributed by atoms with Crippen LogP contribution in [0.25, 0.3) is 11.3 Å². The van der Waals surface area contributed by atoms with Gasteiger partial charge in [0.15, 0.2) is 0 Å². The second-order valence-corrected chi connectivity index (χ2v) is 4.86. The maximum atomic E-state index is 9.39. The number of nitrogens with two attached hydrogens (primary N) is 1. The molecule has 1 aromatic carbocycles. The average Bonchev–Trinajstić information content (AvgIpc) is 3.00. The van der Waals surface area contributed by atoms with E-state index in [1.54, 1.807) is 26.4 Å². The molecule has 0 aliphatic rings. The van der Waals surface area contributed by atoms with E-state index in [0.29, 0.717) is 28.3 Å². The molecule has 0 saturated heterocycles. The summed E-state index contributed by atoms with van der Waals surface area (Å²) < 4.78 is 10.6. The Bertz CT molecular complexity index is 647. The Labute approximate surface area is 121 Å². The molecule has 2 aromatic rings. The Balaban J connectivity index is 2.69. The van der Waals surface area contributed by atoms with E-state index in [-0.39, 0.29) is 0 Å². The van der Waals surface area contributed by atoms with E-state index in [9.17, 15) is 5.26 Å². The molecule has 0 unspecified atom stereocenters. The zero-order valence-corrected chi connectivity index (χ0v) is 12.0. The van der Waals surface area contributed by atoms with Crippen LogP contribution in [0.4, 0.5) is 0 Å². The first-order chi connectivity index (χ1) is 9.72. The van der Waals surface area contributed by atoms with Crippen LogP contribution in [0, 0.1) is 11.3 Å². The van der Waals surface area contributed by atoms with Gasteiger partial charge in [-0.1, -0.05) is 12.1 Å². The largest absolute Gasteiger partial charge is 0.496 e. The van der Waals surface area contributed by atoms with Gasteiger partial charge in [0.25, 0.3) is 0 Å². The molecule has 0 atom stereocenters. The summed E-state index contributed by atoms with van der Waals surface area (Å²) >= 11 is 1.46. The molecule has 0 saturated carbocycles. The lowest BCUT2D eigenvalue weighted by molar-refractivity contribution is 0.392. The van der Waals surface area contributed by atoms with Gasteiger partial charge in [0.2, 0.25) is 0 Å². The lowest BCUT2D eigenvalue weighted by atomic mass is 10.0. The van der Waals surface area contributed by atoms with Crippen LogP contribution in [-0.2, 0) is 0 Å². The van der Waals surface area contributed by atoms with Crippen molar-refractivity contribution in [2.24, 2.45) is 5.73 Å². The normalized spacial score (nSPS) is 11.4. The van der Waals surface area contributed by atoms with Crippen LogP contribution in [0.3, 0.4) is 0 Å². The molecule has 4 nitrogen and oxygen atoms in total. The Morgan fingerprint density at radius 1 is 1.15 bits per heavy atom. The Morgan fingerprint density at radius 3 is 2.25 bits per heavy atom. The molecule has 2 rings (SSSR count). The van der Waals surface area contributed by atoms with Crippen molar-refractivity contribution < 1.29 is 9.47 Å². The minimum atomic E-state index is 0.351. The van der Waals surface area contributed by atoms with Gasteiger partial charge in [0.05, 0.1) is 31.1 Å². The molecule has 1 aromatic heterocycles. The van der Waals surface area contributed by atoms with E-state index in [2.05, 4.69) is 6.07 Å². The lowest BCUT2D eigenvalue weighted by Gasteiger charge is -2.14. The fraction of sp³-hybridized carbons (Fsp3) is 0.133. The first kappa shape index (κ1) is 14.0. The van der Waals surface area contributed by atoms with E-state index in [1.165, 1.54) is 11.3 Å². The number of thiophene rings is 1.